The van der Waals surface area contributed by atoms with E-state index in [9.17, 15) is 18.4 Å². The van der Waals surface area contributed by atoms with Gasteiger partial charge in [0.1, 0.15) is 5.75 Å². The van der Waals surface area contributed by atoms with Gasteiger partial charge in [-0.2, -0.15) is 0 Å². The van der Waals surface area contributed by atoms with Crippen molar-refractivity contribution in [3.05, 3.63) is 59.2 Å². The molecular weight excluding hydrogens is 308 g/mol. The van der Waals surface area contributed by atoms with Gasteiger partial charge in [-0.05, 0) is 30.3 Å². The number of halogens is 2. The zero-order valence-electron chi connectivity index (χ0n) is 12.0. The van der Waals surface area contributed by atoms with Crippen LogP contribution in [-0.4, -0.2) is 25.7 Å². The van der Waals surface area contributed by atoms with Crippen molar-refractivity contribution in [2.24, 2.45) is 0 Å². The molecular formula is C16H11F2NO4. The number of anilines is 1. The number of carbonyl (C=O) groups excluding carboxylic acids is 2. The van der Waals surface area contributed by atoms with Crippen LogP contribution in [0.4, 0.5) is 14.5 Å². The molecule has 2 aromatic carbocycles. The lowest BCUT2D eigenvalue weighted by atomic mass is 10.1. The van der Waals surface area contributed by atoms with Crippen LogP contribution in [-0.2, 0) is 4.74 Å². The molecule has 5 nitrogen and oxygen atoms in total. The maximum atomic E-state index is 13.3. The van der Waals surface area contributed by atoms with Crippen LogP contribution in [0.5, 0.6) is 5.75 Å². The summed E-state index contributed by atoms with van der Waals surface area (Å²) in [7, 11) is 1.27. The monoisotopic (exact) mass is 319 g/mol. The van der Waals surface area contributed by atoms with Crippen LogP contribution in [0.2, 0.25) is 0 Å². The van der Waals surface area contributed by atoms with Gasteiger partial charge in [-0.1, -0.05) is 0 Å². The summed E-state index contributed by atoms with van der Waals surface area (Å²) in [6.07, 6.45) is 0. The van der Waals surface area contributed by atoms with E-state index in [1.165, 1.54) is 24.1 Å². The Bertz CT molecular complexity index is 789. The van der Waals surface area contributed by atoms with Crippen molar-refractivity contribution in [2.45, 2.75) is 0 Å². The van der Waals surface area contributed by atoms with Gasteiger partial charge in [0.05, 0.1) is 18.2 Å². The van der Waals surface area contributed by atoms with Crippen LogP contribution in [0.1, 0.15) is 20.7 Å². The minimum atomic E-state index is -1.12. The Labute approximate surface area is 130 Å². The molecule has 2 aromatic rings. The van der Waals surface area contributed by atoms with Gasteiger partial charge in [0.2, 0.25) is 0 Å². The number of carbonyl (C=O) groups is 2. The van der Waals surface area contributed by atoms with Crippen molar-refractivity contribution in [1.29, 1.82) is 0 Å². The second-order valence-electron chi connectivity index (χ2n) is 4.81. The zero-order chi connectivity index (χ0) is 16.6. The fraction of sp³-hybridized carbons (Fsp3) is 0.125. The fourth-order valence-electron chi connectivity index (χ4n) is 2.24. The van der Waals surface area contributed by atoms with E-state index in [1.54, 1.807) is 12.1 Å². The number of benzene rings is 2. The van der Waals surface area contributed by atoms with Crippen LogP contribution in [0, 0.1) is 11.6 Å². The highest BCUT2D eigenvalue weighted by Gasteiger charge is 2.28. The number of amides is 1. The molecule has 0 aliphatic carbocycles. The summed E-state index contributed by atoms with van der Waals surface area (Å²) in [6, 6.07) is 7.73. The van der Waals surface area contributed by atoms with Gasteiger partial charge >= 0.3 is 5.97 Å². The molecule has 0 saturated heterocycles. The predicted molar refractivity (Wildman–Crippen MR) is 76.4 cm³/mol. The van der Waals surface area contributed by atoms with Crippen LogP contribution in [0.15, 0.2) is 36.4 Å². The summed E-state index contributed by atoms with van der Waals surface area (Å²) in [4.78, 5) is 25.1. The molecule has 7 heteroatoms. The highest BCUT2D eigenvalue weighted by molar-refractivity contribution is 6.08. The Morgan fingerprint density at radius 1 is 1.17 bits per heavy atom. The molecule has 0 fully saturated rings. The SMILES string of the molecule is COC(=O)c1ccc(N2COc3cc(F)c(F)cc3C2=O)cc1. The first-order valence-corrected chi connectivity index (χ1v) is 6.63. The standard InChI is InChI=1S/C16H11F2NO4/c1-22-16(21)9-2-4-10(5-3-9)19-8-23-14-7-13(18)12(17)6-11(14)15(19)20/h2-7H,8H2,1H3. The molecule has 1 aliphatic heterocycles. The highest BCUT2D eigenvalue weighted by atomic mass is 19.2. The minimum absolute atomic E-state index is 0.00340. The van der Waals surface area contributed by atoms with Gasteiger partial charge < -0.3 is 9.47 Å². The topological polar surface area (TPSA) is 55.8 Å². The molecule has 0 unspecified atom stereocenters. The number of fused-ring (bicyclic) bond motifs is 1. The smallest absolute Gasteiger partial charge is 0.337 e. The Morgan fingerprint density at radius 2 is 1.83 bits per heavy atom. The van der Waals surface area contributed by atoms with Gasteiger partial charge in [-0.25, -0.2) is 13.6 Å². The molecule has 23 heavy (non-hydrogen) atoms. The van der Waals surface area contributed by atoms with E-state index in [2.05, 4.69) is 4.74 Å². The van der Waals surface area contributed by atoms with E-state index in [0.717, 1.165) is 12.1 Å². The quantitative estimate of drug-likeness (QED) is 0.799. The molecule has 1 aliphatic rings. The Morgan fingerprint density at radius 3 is 2.48 bits per heavy atom. The van der Waals surface area contributed by atoms with Crippen molar-refractivity contribution < 1.29 is 27.8 Å². The lowest BCUT2D eigenvalue weighted by Crippen LogP contribution is -2.38. The Balaban J connectivity index is 1.91. The lowest BCUT2D eigenvalue weighted by Gasteiger charge is -2.28. The number of esters is 1. The van der Waals surface area contributed by atoms with Crippen LogP contribution >= 0.6 is 0 Å². The average Bonchev–Trinajstić information content (AvgIpc) is 2.56. The molecule has 1 amide bonds. The van der Waals surface area contributed by atoms with Crippen LogP contribution in [0.3, 0.4) is 0 Å². The largest absolute Gasteiger partial charge is 0.472 e. The summed E-state index contributed by atoms with van der Waals surface area (Å²) < 4.78 is 36.4. The van der Waals surface area contributed by atoms with E-state index in [0.29, 0.717) is 11.3 Å². The molecule has 1 heterocycles. The molecule has 0 N–H and O–H groups in total. The number of hydrogen-bond acceptors (Lipinski definition) is 4. The van der Waals surface area contributed by atoms with Gasteiger partial charge in [-0.3, -0.25) is 9.69 Å². The van der Waals surface area contributed by atoms with Crippen molar-refractivity contribution in [2.75, 3.05) is 18.7 Å². The second-order valence-corrected chi connectivity index (χ2v) is 4.81. The number of nitrogens with zero attached hydrogens (tertiary/aromatic N) is 1. The van der Waals surface area contributed by atoms with Crippen molar-refractivity contribution in [3.8, 4) is 5.75 Å². The number of hydrogen-bond donors (Lipinski definition) is 0. The third-order valence-electron chi connectivity index (χ3n) is 3.45. The van der Waals surface area contributed by atoms with E-state index in [-0.39, 0.29) is 18.0 Å². The van der Waals surface area contributed by atoms with Gasteiger partial charge in [0.15, 0.2) is 18.4 Å². The van der Waals surface area contributed by atoms with Crippen molar-refractivity contribution in [3.63, 3.8) is 0 Å². The van der Waals surface area contributed by atoms with Gasteiger partial charge in [0.25, 0.3) is 5.91 Å². The first kappa shape index (κ1) is 15.0. The number of rotatable bonds is 2. The average molecular weight is 319 g/mol. The maximum absolute atomic E-state index is 13.3. The summed E-state index contributed by atoms with van der Waals surface area (Å²) in [5, 5.41) is 0. The summed E-state index contributed by atoms with van der Waals surface area (Å²) in [5.41, 5.74) is 0.723. The normalized spacial score (nSPS) is 13.3. The Hall–Kier alpha value is -2.96. The van der Waals surface area contributed by atoms with Gasteiger partial charge in [0, 0.05) is 11.8 Å². The molecule has 118 valence electrons. The minimum Gasteiger partial charge on any atom is -0.472 e. The van der Waals surface area contributed by atoms with E-state index in [1.807, 2.05) is 0 Å². The first-order chi connectivity index (χ1) is 11.0. The van der Waals surface area contributed by atoms with Crippen LogP contribution in [0.25, 0.3) is 0 Å². The van der Waals surface area contributed by atoms with E-state index in [4.69, 9.17) is 4.74 Å². The molecule has 0 aromatic heterocycles. The summed E-state index contributed by atoms with van der Waals surface area (Å²) in [5.74, 6) is -3.22. The number of methoxy groups -OCH3 is 1. The summed E-state index contributed by atoms with van der Waals surface area (Å²) >= 11 is 0. The molecule has 0 bridgehead atoms. The second kappa shape index (κ2) is 5.68. The third kappa shape index (κ3) is 2.61. The maximum Gasteiger partial charge on any atom is 0.337 e. The van der Waals surface area contributed by atoms with Crippen molar-refractivity contribution >= 4 is 17.6 Å². The number of ether oxygens (including phenoxy) is 2. The zero-order valence-corrected chi connectivity index (χ0v) is 12.0. The van der Waals surface area contributed by atoms with Crippen molar-refractivity contribution in [1.82, 2.24) is 0 Å². The summed E-state index contributed by atoms with van der Waals surface area (Å²) in [6.45, 7) is -0.144. The predicted octanol–water partition coefficient (Wildman–Crippen LogP) is 2.75. The highest BCUT2D eigenvalue weighted by Crippen LogP contribution is 2.30. The van der Waals surface area contributed by atoms with Gasteiger partial charge in [-0.15, -0.1) is 0 Å². The molecule has 3 rings (SSSR count). The molecule has 0 radical (unpaired) electrons. The third-order valence-corrected chi connectivity index (χ3v) is 3.45. The molecule has 0 atom stereocenters. The Kier molecular flexibility index (Phi) is 3.69. The molecule has 0 spiro atoms. The molecule has 0 saturated carbocycles. The van der Waals surface area contributed by atoms with E-state index >= 15 is 0 Å². The van der Waals surface area contributed by atoms with Crippen LogP contribution < -0.4 is 9.64 Å². The first-order valence-electron chi connectivity index (χ1n) is 6.63. The van der Waals surface area contributed by atoms with E-state index < -0.39 is 23.5 Å². The lowest BCUT2D eigenvalue weighted by molar-refractivity contribution is 0.0600. The fourth-order valence-corrected chi connectivity index (χ4v) is 2.24.